The molecule has 1 aliphatic heterocycles. The van der Waals surface area contributed by atoms with Gasteiger partial charge in [0.05, 0.1) is 12.1 Å². The number of sulfonamides is 1. The zero-order chi connectivity index (χ0) is 19.9. The maximum atomic E-state index is 14.1. The van der Waals surface area contributed by atoms with E-state index in [0.717, 1.165) is 0 Å². The number of hydrogen-bond acceptors (Lipinski definition) is 4. The third kappa shape index (κ3) is 4.09. The van der Waals surface area contributed by atoms with Crippen LogP contribution in [0.1, 0.15) is 32.6 Å². The lowest BCUT2D eigenvalue weighted by atomic mass is 9.77. The van der Waals surface area contributed by atoms with Crippen LogP contribution in [0.2, 0.25) is 0 Å². The van der Waals surface area contributed by atoms with Crippen LogP contribution < -0.4 is 5.32 Å². The summed E-state index contributed by atoms with van der Waals surface area (Å²) in [6, 6.07) is 5.40. The van der Waals surface area contributed by atoms with Crippen LogP contribution in [0, 0.1) is 23.6 Å². The monoisotopic (exact) mass is 410 g/mol. The fourth-order valence-corrected chi connectivity index (χ4v) is 6.12. The minimum atomic E-state index is -3.87. The van der Waals surface area contributed by atoms with Gasteiger partial charge in [0.1, 0.15) is 10.7 Å². The van der Waals surface area contributed by atoms with Gasteiger partial charge < -0.3 is 10.1 Å². The summed E-state index contributed by atoms with van der Waals surface area (Å²) in [6.45, 7) is 2.92. The largest absolute Gasteiger partial charge is 0.376 e. The molecule has 4 atom stereocenters. The topological polar surface area (TPSA) is 75.7 Å². The summed E-state index contributed by atoms with van der Waals surface area (Å²) in [5, 5.41) is 2.99. The lowest BCUT2D eigenvalue weighted by molar-refractivity contribution is -0.122. The quantitative estimate of drug-likeness (QED) is 0.780. The normalized spacial score (nSPS) is 30.8. The van der Waals surface area contributed by atoms with Crippen LogP contribution in [0.3, 0.4) is 0 Å². The van der Waals surface area contributed by atoms with E-state index in [1.165, 1.54) is 48.3 Å². The predicted octanol–water partition coefficient (Wildman–Crippen LogP) is 2.16. The summed E-state index contributed by atoms with van der Waals surface area (Å²) in [4.78, 5) is 11.4. The molecule has 1 aromatic carbocycles. The molecule has 2 saturated carbocycles. The van der Waals surface area contributed by atoms with E-state index in [1.54, 1.807) is 0 Å². The van der Waals surface area contributed by atoms with E-state index >= 15 is 0 Å². The number of benzene rings is 1. The highest BCUT2D eigenvalue weighted by Gasteiger charge is 2.46. The average molecular weight is 411 g/mol. The van der Waals surface area contributed by atoms with Gasteiger partial charge in [0, 0.05) is 26.6 Å². The second-order valence-electron chi connectivity index (χ2n) is 8.37. The second kappa shape index (κ2) is 7.72. The van der Waals surface area contributed by atoms with Gasteiger partial charge in [0.2, 0.25) is 15.9 Å². The molecule has 0 bridgehead atoms. The van der Waals surface area contributed by atoms with Crippen molar-refractivity contribution < 1.29 is 22.3 Å². The zero-order valence-corrected chi connectivity index (χ0v) is 16.8. The van der Waals surface area contributed by atoms with E-state index in [2.05, 4.69) is 5.32 Å². The molecule has 1 saturated heterocycles. The van der Waals surface area contributed by atoms with E-state index in [1.807, 2.05) is 0 Å². The van der Waals surface area contributed by atoms with Gasteiger partial charge in [0.25, 0.3) is 0 Å². The molecule has 0 aromatic heterocycles. The van der Waals surface area contributed by atoms with Crippen molar-refractivity contribution in [2.45, 2.75) is 49.6 Å². The number of ether oxygens (including phenoxy) is 1. The summed E-state index contributed by atoms with van der Waals surface area (Å²) in [7, 11) is -3.87. The summed E-state index contributed by atoms with van der Waals surface area (Å²) >= 11 is 0. The molecule has 0 radical (unpaired) electrons. The van der Waals surface area contributed by atoms with Crippen molar-refractivity contribution in [1.29, 1.82) is 0 Å². The van der Waals surface area contributed by atoms with Crippen LogP contribution in [0.5, 0.6) is 0 Å². The number of nitrogens with zero attached hydrogens (tertiary/aromatic N) is 1. The van der Waals surface area contributed by atoms with Gasteiger partial charge in [0.15, 0.2) is 0 Å². The molecule has 1 heterocycles. The number of nitrogens with one attached hydrogen (secondary N) is 1. The van der Waals surface area contributed by atoms with Crippen molar-refractivity contribution in [1.82, 2.24) is 9.62 Å². The van der Waals surface area contributed by atoms with E-state index in [9.17, 15) is 17.6 Å². The minimum Gasteiger partial charge on any atom is -0.376 e. The van der Waals surface area contributed by atoms with Gasteiger partial charge in [-0.25, -0.2) is 12.8 Å². The Bertz CT molecular complexity index is 842. The fraction of sp³-hybridized carbons (Fsp3) is 0.650. The van der Waals surface area contributed by atoms with Crippen molar-refractivity contribution in [2.24, 2.45) is 17.8 Å². The van der Waals surface area contributed by atoms with Crippen LogP contribution in [-0.4, -0.2) is 50.5 Å². The van der Waals surface area contributed by atoms with Crippen LogP contribution in [0.4, 0.5) is 4.39 Å². The number of halogens is 1. The Balaban J connectivity index is 1.49. The number of carbonyl (C=O) groups excluding carboxylic acids is 1. The molecular formula is C20H27FN2O4S. The maximum Gasteiger partial charge on any atom is 0.246 e. The van der Waals surface area contributed by atoms with Gasteiger partial charge in [-0.05, 0) is 55.6 Å². The highest BCUT2D eigenvalue weighted by molar-refractivity contribution is 7.89. The smallest absolute Gasteiger partial charge is 0.246 e. The Morgan fingerprint density at radius 3 is 2.54 bits per heavy atom. The molecule has 154 valence electrons. The minimum absolute atomic E-state index is 0.0955. The first-order valence-corrected chi connectivity index (χ1v) is 11.4. The van der Waals surface area contributed by atoms with E-state index in [0.29, 0.717) is 38.5 Å². The van der Waals surface area contributed by atoms with Crippen LogP contribution in [0.15, 0.2) is 29.2 Å². The first kappa shape index (κ1) is 19.8. The van der Waals surface area contributed by atoms with Crippen LogP contribution >= 0.6 is 0 Å². The average Bonchev–Trinajstić information content (AvgIpc) is 3.37. The van der Waals surface area contributed by atoms with Gasteiger partial charge in [-0.1, -0.05) is 12.1 Å². The van der Waals surface area contributed by atoms with Crippen molar-refractivity contribution in [2.75, 3.05) is 19.7 Å². The Morgan fingerprint density at radius 1 is 1.21 bits per heavy atom. The molecule has 3 aliphatic rings. The Kier molecular flexibility index (Phi) is 5.46. The van der Waals surface area contributed by atoms with Gasteiger partial charge >= 0.3 is 0 Å². The number of rotatable bonds is 6. The summed E-state index contributed by atoms with van der Waals surface area (Å²) in [5.41, 5.74) is 0. The second-order valence-corrected chi connectivity index (χ2v) is 10.3. The number of fused-ring (bicyclic) bond motifs is 1. The molecule has 1 aromatic rings. The van der Waals surface area contributed by atoms with Crippen molar-refractivity contribution in [3.05, 3.63) is 30.1 Å². The third-order valence-electron chi connectivity index (χ3n) is 6.17. The number of carbonyl (C=O) groups is 1. The van der Waals surface area contributed by atoms with E-state index in [4.69, 9.17) is 4.74 Å². The van der Waals surface area contributed by atoms with E-state index in [-0.39, 0.29) is 34.8 Å². The lowest BCUT2D eigenvalue weighted by Crippen LogP contribution is -2.50. The molecule has 1 amide bonds. The molecular weight excluding hydrogens is 383 g/mol. The Labute approximate surface area is 165 Å². The molecule has 28 heavy (non-hydrogen) atoms. The maximum absolute atomic E-state index is 14.1. The van der Waals surface area contributed by atoms with Crippen molar-refractivity contribution in [3.63, 3.8) is 0 Å². The molecule has 0 unspecified atom stereocenters. The van der Waals surface area contributed by atoms with Crippen molar-refractivity contribution >= 4 is 15.9 Å². The number of amides is 1. The zero-order valence-electron chi connectivity index (χ0n) is 16.0. The molecule has 8 heteroatoms. The summed E-state index contributed by atoms with van der Waals surface area (Å²) < 4.78 is 47.5. The molecule has 6 nitrogen and oxygen atoms in total. The van der Waals surface area contributed by atoms with Gasteiger partial charge in [-0.3, -0.25) is 4.79 Å². The Morgan fingerprint density at radius 2 is 1.89 bits per heavy atom. The fourth-order valence-electron chi connectivity index (χ4n) is 4.50. The molecule has 4 rings (SSSR count). The predicted molar refractivity (Wildman–Crippen MR) is 101 cm³/mol. The first-order chi connectivity index (χ1) is 13.3. The SMILES string of the molecule is CC(=O)N[C@@H]1C[C@@H]2CN(S(=O)(=O)c3ccccc3F)C[C@@H]2C[C@H]1OCC1CC1. The summed E-state index contributed by atoms with van der Waals surface area (Å²) in [5.74, 6) is 0.101. The molecule has 2 aliphatic carbocycles. The highest BCUT2D eigenvalue weighted by Crippen LogP contribution is 2.40. The molecule has 0 spiro atoms. The molecule has 1 N–H and O–H groups in total. The van der Waals surface area contributed by atoms with Gasteiger partial charge in [-0.15, -0.1) is 0 Å². The summed E-state index contributed by atoms with van der Waals surface area (Å²) in [6.07, 6.45) is 3.69. The molecule has 3 fully saturated rings. The Hall–Kier alpha value is -1.51. The van der Waals surface area contributed by atoms with Crippen LogP contribution in [0.25, 0.3) is 0 Å². The van der Waals surface area contributed by atoms with Crippen LogP contribution in [-0.2, 0) is 19.6 Å². The lowest BCUT2D eigenvalue weighted by Gasteiger charge is -2.38. The van der Waals surface area contributed by atoms with E-state index < -0.39 is 15.8 Å². The third-order valence-corrected chi connectivity index (χ3v) is 8.03. The first-order valence-electron chi connectivity index (χ1n) is 9.98. The standard InChI is InChI=1S/C20H27FN2O4S/c1-13(24)22-18-8-15-10-23(28(25,26)20-5-3-2-4-17(20)21)11-16(15)9-19(18)27-12-14-6-7-14/h2-5,14-16,18-19H,6-12H2,1H3,(H,22,24)/t15-,16+,18-,19-/m1/s1. The highest BCUT2D eigenvalue weighted by atomic mass is 32.2. The number of hydrogen-bond donors (Lipinski definition) is 1. The van der Waals surface area contributed by atoms with Gasteiger partial charge in [-0.2, -0.15) is 4.31 Å². The van der Waals surface area contributed by atoms with Crippen molar-refractivity contribution in [3.8, 4) is 0 Å².